The summed E-state index contributed by atoms with van der Waals surface area (Å²) in [6.45, 7) is 5.99. The Kier molecular flexibility index (Phi) is 5.59. The number of anilines is 2. The predicted molar refractivity (Wildman–Crippen MR) is 119 cm³/mol. The molecule has 3 aromatic rings. The number of nitrogens with zero attached hydrogens (tertiary/aromatic N) is 5. The maximum absolute atomic E-state index is 9.83. The number of hydrogen-bond acceptors (Lipinski definition) is 5. The van der Waals surface area contributed by atoms with E-state index in [0.717, 1.165) is 37.6 Å². The number of aryl methyl sites for hydroxylation is 1. The largest absolute Gasteiger partial charge is 0.368 e. The number of rotatable bonds is 4. The van der Waals surface area contributed by atoms with Crippen LogP contribution in [0.25, 0.3) is 0 Å². The first-order valence-electron chi connectivity index (χ1n) is 9.78. The zero-order chi connectivity index (χ0) is 20.2. The summed E-state index contributed by atoms with van der Waals surface area (Å²) in [7, 11) is 0. The zero-order valence-corrected chi connectivity index (χ0v) is 17.3. The van der Waals surface area contributed by atoms with Crippen molar-refractivity contribution in [3.8, 4) is 6.07 Å². The maximum atomic E-state index is 9.83. The van der Waals surface area contributed by atoms with E-state index >= 15 is 0 Å². The van der Waals surface area contributed by atoms with Gasteiger partial charge in [-0.25, -0.2) is 4.98 Å². The van der Waals surface area contributed by atoms with Gasteiger partial charge in [0.2, 0.25) is 0 Å². The van der Waals surface area contributed by atoms with Crippen LogP contribution in [0, 0.1) is 22.9 Å². The monoisotopic (exact) mass is 401 g/mol. The fourth-order valence-electron chi connectivity index (χ4n) is 3.74. The van der Waals surface area contributed by atoms with E-state index in [-0.39, 0.29) is 0 Å². The minimum atomic E-state index is 0.495. The van der Waals surface area contributed by atoms with Gasteiger partial charge >= 0.3 is 0 Å². The Balaban J connectivity index is 1.59. The van der Waals surface area contributed by atoms with Crippen LogP contribution in [0.3, 0.4) is 0 Å². The highest BCUT2D eigenvalue weighted by atomic mass is 32.1. The van der Waals surface area contributed by atoms with Crippen molar-refractivity contribution in [2.75, 3.05) is 36.0 Å². The number of para-hydroxylation sites is 1. The highest BCUT2D eigenvalue weighted by Crippen LogP contribution is 2.24. The molecule has 0 saturated carbocycles. The third kappa shape index (κ3) is 4.01. The predicted octanol–water partition coefficient (Wildman–Crippen LogP) is 4.17. The van der Waals surface area contributed by atoms with E-state index in [1.807, 2.05) is 35.8 Å². The molecule has 0 unspecified atom stereocenters. The van der Waals surface area contributed by atoms with Crippen molar-refractivity contribution in [1.82, 2.24) is 9.55 Å². The average molecular weight is 402 g/mol. The lowest BCUT2D eigenvalue weighted by Crippen LogP contribution is -2.47. The van der Waals surface area contributed by atoms with Gasteiger partial charge in [-0.1, -0.05) is 60.7 Å². The molecule has 1 saturated heterocycles. The lowest BCUT2D eigenvalue weighted by atomic mass is 10.2. The Morgan fingerprint density at radius 1 is 0.931 bits per heavy atom. The smallest absolute Gasteiger partial charge is 0.151 e. The van der Waals surface area contributed by atoms with Gasteiger partial charge in [-0.05, 0) is 24.6 Å². The fourth-order valence-corrected chi connectivity index (χ4v) is 4.07. The fraction of sp³-hybridized carbons (Fsp3) is 0.261. The van der Waals surface area contributed by atoms with E-state index in [9.17, 15) is 5.26 Å². The van der Waals surface area contributed by atoms with E-state index < -0.39 is 0 Å². The Morgan fingerprint density at radius 2 is 1.52 bits per heavy atom. The van der Waals surface area contributed by atoms with E-state index in [1.165, 1.54) is 5.69 Å². The van der Waals surface area contributed by atoms with Crippen LogP contribution < -0.4 is 9.80 Å². The average Bonchev–Trinajstić information content (AvgIpc) is 2.78. The molecule has 0 radical (unpaired) electrons. The molecule has 0 bridgehead atoms. The summed E-state index contributed by atoms with van der Waals surface area (Å²) in [6.07, 6.45) is 0. The van der Waals surface area contributed by atoms with Crippen molar-refractivity contribution in [3.05, 3.63) is 82.3 Å². The van der Waals surface area contributed by atoms with Gasteiger partial charge in [-0.3, -0.25) is 0 Å². The third-order valence-electron chi connectivity index (χ3n) is 5.34. The summed E-state index contributed by atoms with van der Waals surface area (Å²) >= 11 is 5.70. The SMILES string of the molecule is Cc1nc(N2CCN(c3ccccc3)CC2)c(C#N)c(=S)n1Cc1ccccc1. The van der Waals surface area contributed by atoms with Crippen LogP contribution in [-0.4, -0.2) is 35.7 Å². The second-order valence-corrected chi connectivity index (χ2v) is 7.54. The van der Waals surface area contributed by atoms with Crippen molar-refractivity contribution < 1.29 is 0 Å². The van der Waals surface area contributed by atoms with Crippen LogP contribution in [0.4, 0.5) is 11.5 Å². The highest BCUT2D eigenvalue weighted by molar-refractivity contribution is 7.71. The van der Waals surface area contributed by atoms with Crippen LogP contribution >= 0.6 is 12.2 Å². The number of aromatic nitrogens is 2. The first-order chi connectivity index (χ1) is 14.2. The Bertz CT molecular complexity index is 1080. The van der Waals surface area contributed by atoms with E-state index in [1.54, 1.807) is 0 Å². The zero-order valence-electron chi connectivity index (χ0n) is 16.5. The Labute approximate surface area is 176 Å². The van der Waals surface area contributed by atoms with Crippen LogP contribution in [0.1, 0.15) is 17.0 Å². The second-order valence-electron chi connectivity index (χ2n) is 7.16. The molecule has 4 rings (SSSR count). The summed E-state index contributed by atoms with van der Waals surface area (Å²) in [5, 5.41) is 9.83. The molecule has 1 aliphatic rings. The quantitative estimate of drug-likeness (QED) is 0.614. The first-order valence-corrected chi connectivity index (χ1v) is 10.2. The molecule has 29 heavy (non-hydrogen) atoms. The van der Waals surface area contributed by atoms with Gasteiger partial charge in [0, 0.05) is 31.9 Å². The van der Waals surface area contributed by atoms with Gasteiger partial charge < -0.3 is 14.4 Å². The molecular weight excluding hydrogens is 378 g/mol. The standard InChI is InChI=1S/C23H23N5S/c1-18-25-22(27-14-12-26(13-15-27)20-10-6-3-7-11-20)21(16-24)23(29)28(18)17-19-8-4-2-5-9-19/h2-11H,12-15,17H2,1H3. The van der Waals surface area contributed by atoms with Gasteiger partial charge in [0.05, 0.1) is 6.54 Å². The Hall–Kier alpha value is -3.17. The molecule has 1 aliphatic heterocycles. The molecule has 0 aliphatic carbocycles. The van der Waals surface area contributed by atoms with Crippen LogP contribution in [0.5, 0.6) is 0 Å². The minimum absolute atomic E-state index is 0.495. The third-order valence-corrected chi connectivity index (χ3v) is 5.76. The number of benzene rings is 2. The number of piperazine rings is 1. The van der Waals surface area contributed by atoms with E-state index in [4.69, 9.17) is 17.2 Å². The second kappa shape index (κ2) is 8.46. The minimum Gasteiger partial charge on any atom is -0.368 e. The van der Waals surface area contributed by atoms with Gasteiger partial charge in [0.25, 0.3) is 0 Å². The van der Waals surface area contributed by atoms with Gasteiger partial charge in [0.15, 0.2) is 5.82 Å². The molecule has 2 heterocycles. The lowest BCUT2D eigenvalue weighted by Gasteiger charge is -2.37. The summed E-state index contributed by atoms with van der Waals surface area (Å²) in [5.41, 5.74) is 2.87. The van der Waals surface area contributed by atoms with Crippen molar-refractivity contribution in [2.45, 2.75) is 13.5 Å². The Morgan fingerprint density at radius 3 is 2.14 bits per heavy atom. The molecular formula is C23H23N5S. The summed E-state index contributed by atoms with van der Waals surface area (Å²) in [6, 6.07) is 22.9. The molecule has 0 atom stereocenters. The van der Waals surface area contributed by atoms with Crippen molar-refractivity contribution in [3.63, 3.8) is 0 Å². The normalized spacial score (nSPS) is 13.9. The summed E-state index contributed by atoms with van der Waals surface area (Å²) < 4.78 is 2.51. The molecule has 146 valence electrons. The van der Waals surface area contributed by atoms with E-state index in [0.29, 0.717) is 22.6 Å². The van der Waals surface area contributed by atoms with Gasteiger partial charge in [0.1, 0.15) is 22.1 Å². The number of nitriles is 1. The van der Waals surface area contributed by atoms with Gasteiger partial charge in [-0.15, -0.1) is 0 Å². The molecule has 1 aromatic heterocycles. The molecule has 0 spiro atoms. The summed E-state index contributed by atoms with van der Waals surface area (Å²) in [4.78, 5) is 9.36. The first kappa shape index (κ1) is 19.2. The molecule has 2 aromatic carbocycles. The van der Waals surface area contributed by atoms with Crippen LogP contribution in [0.15, 0.2) is 60.7 Å². The van der Waals surface area contributed by atoms with Crippen LogP contribution in [0.2, 0.25) is 0 Å². The number of hydrogen-bond donors (Lipinski definition) is 0. The van der Waals surface area contributed by atoms with Crippen molar-refractivity contribution >= 4 is 23.7 Å². The summed E-state index contributed by atoms with van der Waals surface area (Å²) in [5.74, 6) is 1.55. The molecule has 1 fully saturated rings. The molecule has 6 heteroatoms. The van der Waals surface area contributed by atoms with Crippen molar-refractivity contribution in [2.24, 2.45) is 0 Å². The lowest BCUT2D eigenvalue weighted by molar-refractivity contribution is 0.636. The van der Waals surface area contributed by atoms with Crippen molar-refractivity contribution in [1.29, 1.82) is 5.26 Å². The highest BCUT2D eigenvalue weighted by Gasteiger charge is 2.23. The maximum Gasteiger partial charge on any atom is 0.151 e. The molecule has 5 nitrogen and oxygen atoms in total. The molecule has 0 amide bonds. The van der Waals surface area contributed by atoms with E-state index in [2.05, 4.69) is 52.3 Å². The molecule has 0 N–H and O–H groups in total. The topological polar surface area (TPSA) is 48.1 Å². The van der Waals surface area contributed by atoms with Gasteiger partial charge in [-0.2, -0.15) is 5.26 Å². The van der Waals surface area contributed by atoms with Crippen LogP contribution in [-0.2, 0) is 6.54 Å².